The van der Waals surface area contributed by atoms with Gasteiger partial charge in [-0.05, 0) is 25.5 Å². The lowest BCUT2D eigenvalue weighted by Gasteiger charge is -2.26. The number of nitrogens with zero attached hydrogens (tertiary/aromatic N) is 2. The van der Waals surface area contributed by atoms with Crippen LogP contribution >= 0.6 is 0 Å². The molecule has 0 aliphatic heterocycles. The van der Waals surface area contributed by atoms with Crippen LogP contribution in [0.25, 0.3) is 0 Å². The van der Waals surface area contributed by atoms with Gasteiger partial charge in [-0.1, -0.05) is 30.3 Å². The van der Waals surface area contributed by atoms with Crippen LogP contribution in [-0.2, 0) is 17.8 Å². The van der Waals surface area contributed by atoms with Crippen LogP contribution in [0, 0.1) is 0 Å². The number of rotatable bonds is 5. The van der Waals surface area contributed by atoms with Gasteiger partial charge in [0, 0.05) is 24.5 Å². The summed E-state index contributed by atoms with van der Waals surface area (Å²) in [6.07, 6.45) is 2.03. The summed E-state index contributed by atoms with van der Waals surface area (Å²) < 4.78 is 0. The number of amides is 1. The Morgan fingerprint density at radius 1 is 1.26 bits per heavy atom. The molecule has 4 nitrogen and oxygen atoms in total. The average molecular weight is 257 g/mol. The van der Waals surface area contributed by atoms with Crippen molar-refractivity contribution in [3.05, 3.63) is 53.9 Å². The molecule has 1 aromatic heterocycles. The number of nitrogens with one attached hydrogen (secondary N) is 1. The SMILES string of the molecule is CC(C)N(Cc1ccccc1)C(=O)Cc1ccn[nH]1. The Hall–Kier alpha value is -2.10. The lowest BCUT2D eigenvalue weighted by atomic mass is 10.1. The number of benzene rings is 1. The third-order valence-corrected chi connectivity index (χ3v) is 3.04. The molecule has 0 unspecified atom stereocenters. The van der Waals surface area contributed by atoms with Crippen molar-refractivity contribution in [2.45, 2.75) is 32.9 Å². The molecule has 0 saturated carbocycles. The number of aromatic nitrogens is 2. The van der Waals surface area contributed by atoms with Crippen LogP contribution in [0.4, 0.5) is 0 Å². The molecule has 1 N–H and O–H groups in total. The highest BCUT2D eigenvalue weighted by molar-refractivity contribution is 5.78. The lowest BCUT2D eigenvalue weighted by molar-refractivity contribution is -0.132. The second kappa shape index (κ2) is 6.18. The summed E-state index contributed by atoms with van der Waals surface area (Å²) in [5.74, 6) is 0.114. The first-order valence-corrected chi connectivity index (χ1v) is 6.48. The van der Waals surface area contributed by atoms with Gasteiger partial charge < -0.3 is 4.90 Å². The highest BCUT2D eigenvalue weighted by Gasteiger charge is 2.17. The molecule has 4 heteroatoms. The zero-order valence-electron chi connectivity index (χ0n) is 11.3. The molecule has 2 aromatic rings. The summed E-state index contributed by atoms with van der Waals surface area (Å²) >= 11 is 0. The van der Waals surface area contributed by atoms with Crippen molar-refractivity contribution in [1.82, 2.24) is 15.1 Å². The second-order valence-corrected chi connectivity index (χ2v) is 4.86. The molecule has 0 atom stereocenters. The topological polar surface area (TPSA) is 49.0 Å². The van der Waals surface area contributed by atoms with Gasteiger partial charge >= 0.3 is 0 Å². The number of H-pyrrole nitrogens is 1. The predicted molar refractivity (Wildman–Crippen MR) is 74.4 cm³/mol. The van der Waals surface area contributed by atoms with Crippen LogP contribution in [0.2, 0.25) is 0 Å². The van der Waals surface area contributed by atoms with Crippen molar-refractivity contribution >= 4 is 5.91 Å². The van der Waals surface area contributed by atoms with Crippen LogP contribution in [-0.4, -0.2) is 27.0 Å². The largest absolute Gasteiger partial charge is 0.336 e. The van der Waals surface area contributed by atoms with E-state index < -0.39 is 0 Å². The van der Waals surface area contributed by atoms with Crippen molar-refractivity contribution in [2.75, 3.05) is 0 Å². The summed E-state index contributed by atoms with van der Waals surface area (Å²) in [7, 11) is 0. The minimum absolute atomic E-state index is 0.114. The van der Waals surface area contributed by atoms with Gasteiger partial charge in [-0.15, -0.1) is 0 Å². The fourth-order valence-electron chi connectivity index (χ4n) is 1.99. The van der Waals surface area contributed by atoms with E-state index in [1.807, 2.05) is 55.1 Å². The molecule has 100 valence electrons. The minimum Gasteiger partial charge on any atom is -0.336 e. The molecule has 2 rings (SSSR count). The molecule has 0 bridgehead atoms. The van der Waals surface area contributed by atoms with Gasteiger partial charge in [-0.3, -0.25) is 9.89 Å². The maximum absolute atomic E-state index is 12.3. The quantitative estimate of drug-likeness (QED) is 0.894. The summed E-state index contributed by atoms with van der Waals surface area (Å²) in [4.78, 5) is 14.2. The number of aromatic amines is 1. The summed E-state index contributed by atoms with van der Waals surface area (Å²) in [6.45, 7) is 4.72. The Labute approximate surface area is 113 Å². The number of hydrogen-bond donors (Lipinski definition) is 1. The Morgan fingerprint density at radius 3 is 2.58 bits per heavy atom. The van der Waals surface area contributed by atoms with E-state index in [9.17, 15) is 4.79 Å². The molecule has 1 heterocycles. The molecule has 0 radical (unpaired) electrons. The van der Waals surface area contributed by atoms with Crippen molar-refractivity contribution in [2.24, 2.45) is 0 Å². The van der Waals surface area contributed by atoms with Crippen molar-refractivity contribution in [3.63, 3.8) is 0 Å². The van der Waals surface area contributed by atoms with Crippen LogP contribution < -0.4 is 0 Å². The third-order valence-electron chi connectivity index (χ3n) is 3.04. The van der Waals surface area contributed by atoms with Gasteiger partial charge in [0.15, 0.2) is 0 Å². The highest BCUT2D eigenvalue weighted by Crippen LogP contribution is 2.10. The Morgan fingerprint density at radius 2 is 2.00 bits per heavy atom. The molecular weight excluding hydrogens is 238 g/mol. The maximum atomic E-state index is 12.3. The summed E-state index contributed by atoms with van der Waals surface area (Å²) in [6, 6.07) is 12.1. The third kappa shape index (κ3) is 3.68. The molecule has 0 saturated heterocycles. The molecule has 0 fully saturated rings. The molecule has 1 aromatic carbocycles. The van der Waals surface area contributed by atoms with E-state index in [0.717, 1.165) is 11.3 Å². The standard InChI is InChI=1S/C15H19N3O/c1-12(2)18(11-13-6-4-3-5-7-13)15(19)10-14-8-9-16-17-14/h3-9,12H,10-11H2,1-2H3,(H,16,17). The fraction of sp³-hybridized carbons (Fsp3) is 0.333. The Balaban J connectivity index is 2.05. The van der Waals surface area contributed by atoms with Gasteiger partial charge in [0.05, 0.1) is 6.42 Å². The molecule has 0 aliphatic rings. The average Bonchev–Trinajstić information content (AvgIpc) is 2.89. The molecule has 0 spiro atoms. The van der Waals surface area contributed by atoms with Crippen LogP contribution in [0.1, 0.15) is 25.1 Å². The van der Waals surface area contributed by atoms with E-state index in [0.29, 0.717) is 13.0 Å². The minimum atomic E-state index is 0.114. The van der Waals surface area contributed by atoms with E-state index in [2.05, 4.69) is 10.2 Å². The second-order valence-electron chi connectivity index (χ2n) is 4.86. The van der Waals surface area contributed by atoms with Crippen molar-refractivity contribution in [1.29, 1.82) is 0 Å². The van der Waals surface area contributed by atoms with Crippen LogP contribution in [0.5, 0.6) is 0 Å². The smallest absolute Gasteiger partial charge is 0.229 e. The van der Waals surface area contributed by atoms with E-state index in [4.69, 9.17) is 0 Å². The van der Waals surface area contributed by atoms with Crippen LogP contribution in [0.15, 0.2) is 42.6 Å². The highest BCUT2D eigenvalue weighted by atomic mass is 16.2. The van der Waals surface area contributed by atoms with Gasteiger partial charge in [0.25, 0.3) is 0 Å². The van der Waals surface area contributed by atoms with E-state index in [-0.39, 0.29) is 11.9 Å². The van der Waals surface area contributed by atoms with Crippen LogP contribution in [0.3, 0.4) is 0 Å². The van der Waals surface area contributed by atoms with Crippen molar-refractivity contribution in [3.8, 4) is 0 Å². The molecule has 19 heavy (non-hydrogen) atoms. The van der Waals surface area contributed by atoms with Gasteiger partial charge in [0.2, 0.25) is 5.91 Å². The van der Waals surface area contributed by atoms with E-state index in [1.165, 1.54) is 0 Å². The predicted octanol–water partition coefficient (Wildman–Crippen LogP) is 2.39. The van der Waals surface area contributed by atoms with Gasteiger partial charge in [-0.2, -0.15) is 5.10 Å². The van der Waals surface area contributed by atoms with Crippen molar-refractivity contribution < 1.29 is 4.79 Å². The first-order valence-electron chi connectivity index (χ1n) is 6.48. The number of carbonyl (C=O) groups is 1. The summed E-state index contributed by atoms with van der Waals surface area (Å²) in [5, 5.41) is 6.70. The summed E-state index contributed by atoms with van der Waals surface area (Å²) in [5.41, 5.74) is 2.00. The fourth-order valence-corrected chi connectivity index (χ4v) is 1.99. The molecule has 0 aliphatic carbocycles. The zero-order chi connectivity index (χ0) is 13.7. The van der Waals surface area contributed by atoms with Gasteiger partial charge in [-0.25, -0.2) is 0 Å². The lowest BCUT2D eigenvalue weighted by Crippen LogP contribution is -2.37. The van der Waals surface area contributed by atoms with E-state index in [1.54, 1.807) is 6.20 Å². The molecular formula is C15H19N3O. The van der Waals surface area contributed by atoms with Gasteiger partial charge in [0.1, 0.15) is 0 Å². The zero-order valence-corrected chi connectivity index (χ0v) is 11.3. The first kappa shape index (κ1) is 13.3. The number of hydrogen-bond acceptors (Lipinski definition) is 2. The Bertz CT molecular complexity index is 505. The first-order chi connectivity index (χ1) is 9.16. The van der Waals surface area contributed by atoms with E-state index >= 15 is 0 Å². The number of carbonyl (C=O) groups excluding carboxylic acids is 1. The maximum Gasteiger partial charge on any atom is 0.229 e. The Kier molecular flexibility index (Phi) is 4.34. The molecule has 1 amide bonds. The normalized spacial score (nSPS) is 10.7. The monoisotopic (exact) mass is 257 g/mol.